The smallest absolute Gasteiger partial charge is 0.160 e. The van der Waals surface area contributed by atoms with E-state index < -0.39 is 0 Å². The van der Waals surface area contributed by atoms with Gasteiger partial charge in [0.2, 0.25) is 0 Å². The highest BCUT2D eigenvalue weighted by atomic mass is 32.1. The van der Waals surface area contributed by atoms with E-state index in [-0.39, 0.29) is 0 Å². The van der Waals surface area contributed by atoms with Crippen LogP contribution < -0.4 is 0 Å². The molecule has 0 aliphatic carbocycles. The Morgan fingerprint density at radius 2 is 1.04 bits per heavy atom. The summed E-state index contributed by atoms with van der Waals surface area (Å²) in [4.78, 5) is 14.8. The molecule has 0 saturated carbocycles. The van der Waals surface area contributed by atoms with Gasteiger partial charge in [-0.1, -0.05) is 146 Å². The number of fused-ring (bicyclic) bond motifs is 6. The number of pyridine rings is 1. The Morgan fingerprint density at radius 1 is 0.411 bits per heavy atom. The second-order valence-corrected chi connectivity index (χ2v) is 15.0. The van der Waals surface area contributed by atoms with Gasteiger partial charge in [0.25, 0.3) is 0 Å². The van der Waals surface area contributed by atoms with Gasteiger partial charge in [-0.15, -0.1) is 11.3 Å². The second kappa shape index (κ2) is 13.3. The lowest BCUT2D eigenvalue weighted by Crippen LogP contribution is -1.96. The van der Waals surface area contributed by atoms with Crippen LogP contribution in [0.5, 0.6) is 0 Å². The first-order chi connectivity index (χ1) is 27.7. The maximum absolute atomic E-state index is 6.74. The fraction of sp³-hybridized carbons (Fsp3) is 0. The minimum atomic E-state index is 0.674. The zero-order valence-corrected chi connectivity index (χ0v) is 30.9. The van der Waals surface area contributed by atoms with E-state index in [0.717, 1.165) is 78.0 Å². The van der Waals surface area contributed by atoms with Crippen molar-refractivity contribution in [2.75, 3.05) is 0 Å². The van der Waals surface area contributed by atoms with Crippen LogP contribution in [0, 0.1) is 0 Å². The van der Waals surface area contributed by atoms with Crippen LogP contribution in [0.15, 0.2) is 193 Å². The number of nitrogens with zero attached hydrogens (tertiary/aromatic N) is 3. The average Bonchev–Trinajstić information content (AvgIpc) is 3.86. The molecule has 56 heavy (non-hydrogen) atoms. The Bertz CT molecular complexity index is 3220. The molecule has 0 N–H and O–H groups in total. The summed E-state index contributed by atoms with van der Waals surface area (Å²) >= 11 is 1.84. The summed E-state index contributed by atoms with van der Waals surface area (Å²) in [5, 5.41) is 4.78. The predicted molar refractivity (Wildman–Crippen MR) is 233 cm³/mol. The molecule has 0 spiro atoms. The first-order valence-electron chi connectivity index (χ1n) is 18.7. The van der Waals surface area contributed by atoms with Gasteiger partial charge in [0.05, 0.1) is 17.1 Å². The van der Waals surface area contributed by atoms with E-state index in [1.807, 2.05) is 60.0 Å². The largest absolute Gasteiger partial charge is 0.455 e. The van der Waals surface area contributed by atoms with Gasteiger partial charge in [-0.05, 0) is 47.5 Å². The van der Waals surface area contributed by atoms with E-state index in [0.29, 0.717) is 5.82 Å². The van der Waals surface area contributed by atoms with Crippen molar-refractivity contribution in [3.63, 3.8) is 0 Å². The molecule has 7 aromatic carbocycles. The molecule has 4 heterocycles. The number of furan rings is 1. The molecule has 0 saturated heterocycles. The van der Waals surface area contributed by atoms with Crippen molar-refractivity contribution in [1.29, 1.82) is 0 Å². The number of para-hydroxylation sites is 1. The molecule has 0 aliphatic rings. The summed E-state index contributed by atoms with van der Waals surface area (Å²) in [5.41, 5.74) is 13.0. The standard InChI is InChI=1S/C51H31N3OS/c1-2-11-33(12-3-1)44-31-45(35-24-22-34(23-25-35)43-17-8-9-30-52-43)54-51(53-44)36-26-20-32(21-27-36)37-28-29-39(49-48(37)42-14-4-6-18-46(42)55-49)41-16-10-15-40-38-13-5-7-19-47(38)56-50(40)41/h1-31H. The monoisotopic (exact) mass is 733 g/mol. The van der Waals surface area contributed by atoms with E-state index >= 15 is 0 Å². The summed E-state index contributed by atoms with van der Waals surface area (Å²) in [5.74, 6) is 0.674. The number of thiophene rings is 1. The van der Waals surface area contributed by atoms with Crippen molar-refractivity contribution in [2.45, 2.75) is 0 Å². The summed E-state index contributed by atoms with van der Waals surface area (Å²) in [6, 6.07) is 63.5. The van der Waals surface area contributed by atoms with Crippen LogP contribution in [0.25, 0.3) is 110 Å². The minimum absolute atomic E-state index is 0.674. The average molecular weight is 734 g/mol. The highest BCUT2D eigenvalue weighted by molar-refractivity contribution is 7.26. The molecule has 262 valence electrons. The zero-order valence-electron chi connectivity index (χ0n) is 30.1. The lowest BCUT2D eigenvalue weighted by atomic mass is 9.93. The number of rotatable bonds is 6. The molecule has 5 heteroatoms. The molecule has 0 unspecified atom stereocenters. The van der Waals surface area contributed by atoms with Gasteiger partial charge in [-0.2, -0.15) is 0 Å². The van der Waals surface area contributed by atoms with Crippen LogP contribution in [0.1, 0.15) is 0 Å². The molecule has 11 rings (SSSR count). The van der Waals surface area contributed by atoms with Crippen LogP contribution in [0.3, 0.4) is 0 Å². The molecular weight excluding hydrogens is 703 g/mol. The molecule has 0 radical (unpaired) electrons. The molecule has 0 aliphatic heterocycles. The summed E-state index contributed by atoms with van der Waals surface area (Å²) in [6.07, 6.45) is 1.82. The van der Waals surface area contributed by atoms with Crippen molar-refractivity contribution in [3.8, 4) is 67.4 Å². The summed E-state index contributed by atoms with van der Waals surface area (Å²) < 4.78 is 9.30. The van der Waals surface area contributed by atoms with Crippen LogP contribution in [-0.2, 0) is 0 Å². The van der Waals surface area contributed by atoms with Crippen molar-refractivity contribution >= 4 is 53.4 Å². The van der Waals surface area contributed by atoms with Crippen molar-refractivity contribution < 1.29 is 4.42 Å². The van der Waals surface area contributed by atoms with Gasteiger partial charge in [0, 0.05) is 70.5 Å². The molecule has 0 bridgehead atoms. The van der Waals surface area contributed by atoms with Gasteiger partial charge in [0.1, 0.15) is 11.2 Å². The highest BCUT2D eigenvalue weighted by Gasteiger charge is 2.20. The lowest BCUT2D eigenvalue weighted by Gasteiger charge is -2.12. The molecule has 4 aromatic heterocycles. The number of benzene rings is 7. The predicted octanol–water partition coefficient (Wildman–Crippen LogP) is 14.1. The minimum Gasteiger partial charge on any atom is -0.455 e. The van der Waals surface area contributed by atoms with Gasteiger partial charge >= 0.3 is 0 Å². The molecular formula is C51H31N3OS. The number of aromatic nitrogens is 3. The van der Waals surface area contributed by atoms with Gasteiger partial charge in [-0.25, -0.2) is 9.97 Å². The fourth-order valence-electron chi connectivity index (χ4n) is 7.87. The summed E-state index contributed by atoms with van der Waals surface area (Å²) in [7, 11) is 0. The Labute approximate surface area is 327 Å². The van der Waals surface area contributed by atoms with Crippen LogP contribution in [-0.4, -0.2) is 15.0 Å². The van der Waals surface area contributed by atoms with E-state index in [1.165, 1.54) is 25.7 Å². The van der Waals surface area contributed by atoms with Crippen LogP contribution >= 0.6 is 11.3 Å². The SMILES string of the molecule is c1ccc(-c2cc(-c3ccc(-c4ccccn4)cc3)nc(-c3ccc(-c4ccc(-c5cccc6c5sc5ccccc56)c5oc6ccccc6c45)cc3)n2)cc1. The highest BCUT2D eigenvalue weighted by Crippen LogP contribution is 2.46. The quantitative estimate of drug-likeness (QED) is 0.171. The Hall–Kier alpha value is -7.21. The van der Waals surface area contributed by atoms with E-state index in [4.69, 9.17) is 14.4 Å². The first-order valence-corrected chi connectivity index (χ1v) is 19.5. The Balaban J connectivity index is 1.02. The van der Waals surface area contributed by atoms with E-state index in [2.05, 4.69) is 145 Å². The lowest BCUT2D eigenvalue weighted by molar-refractivity contribution is 0.670. The Morgan fingerprint density at radius 3 is 1.82 bits per heavy atom. The maximum Gasteiger partial charge on any atom is 0.160 e. The molecule has 0 amide bonds. The molecule has 0 atom stereocenters. The Kier molecular flexibility index (Phi) is 7.64. The number of hydrogen-bond donors (Lipinski definition) is 0. The van der Waals surface area contributed by atoms with Crippen molar-refractivity contribution in [2.24, 2.45) is 0 Å². The van der Waals surface area contributed by atoms with E-state index in [1.54, 1.807) is 0 Å². The van der Waals surface area contributed by atoms with Crippen LogP contribution in [0.4, 0.5) is 0 Å². The zero-order chi connectivity index (χ0) is 37.0. The molecule has 4 nitrogen and oxygen atoms in total. The fourth-order valence-corrected chi connectivity index (χ4v) is 9.10. The number of hydrogen-bond acceptors (Lipinski definition) is 5. The van der Waals surface area contributed by atoms with Gasteiger partial charge in [-0.3, -0.25) is 4.98 Å². The van der Waals surface area contributed by atoms with E-state index in [9.17, 15) is 0 Å². The maximum atomic E-state index is 6.74. The second-order valence-electron chi connectivity index (χ2n) is 13.9. The first kappa shape index (κ1) is 32.2. The molecule has 0 fully saturated rings. The summed E-state index contributed by atoms with van der Waals surface area (Å²) in [6.45, 7) is 0. The molecule has 11 aromatic rings. The van der Waals surface area contributed by atoms with Crippen molar-refractivity contribution in [3.05, 3.63) is 188 Å². The van der Waals surface area contributed by atoms with Crippen LogP contribution in [0.2, 0.25) is 0 Å². The third kappa shape index (κ3) is 5.48. The van der Waals surface area contributed by atoms with Gasteiger partial charge in [0.15, 0.2) is 5.82 Å². The van der Waals surface area contributed by atoms with Crippen molar-refractivity contribution in [1.82, 2.24) is 15.0 Å². The van der Waals surface area contributed by atoms with Gasteiger partial charge < -0.3 is 4.42 Å². The normalized spacial score (nSPS) is 11.6. The third-order valence-corrected chi connectivity index (χ3v) is 11.8. The third-order valence-electron chi connectivity index (χ3n) is 10.6. The topological polar surface area (TPSA) is 51.8 Å².